The fourth-order valence-electron chi connectivity index (χ4n) is 3.80. The van der Waals surface area contributed by atoms with Gasteiger partial charge in [0.1, 0.15) is 0 Å². The van der Waals surface area contributed by atoms with Crippen molar-refractivity contribution in [2.45, 2.75) is 56.9 Å². The molecular weight excluding hydrogens is 234 g/mol. The van der Waals surface area contributed by atoms with Gasteiger partial charge in [0, 0.05) is 5.54 Å². The molecule has 1 aromatic rings. The van der Waals surface area contributed by atoms with Gasteiger partial charge in [-0.1, -0.05) is 25.1 Å². The van der Waals surface area contributed by atoms with E-state index in [9.17, 15) is 5.11 Å². The first kappa shape index (κ1) is 13.1. The summed E-state index contributed by atoms with van der Waals surface area (Å²) >= 11 is 0. The lowest BCUT2D eigenvalue weighted by Crippen LogP contribution is -2.40. The highest BCUT2D eigenvalue weighted by molar-refractivity contribution is 5.36. The number of hydrogen-bond donors (Lipinski definition) is 2. The summed E-state index contributed by atoms with van der Waals surface area (Å²) in [5.74, 6) is 1.37. The summed E-state index contributed by atoms with van der Waals surface area (Å²) in [6.45, 7) is 2.46. The Kier molecular flexibility index (Phi) is 3.40. The summed E-state index contributed by atoms with van der Waals surface area (Å²) in [5, 5.41) is 9.39. The molecule has 0 heterocycles. The molecule has 0 spiro atoms. The summed E-state index contributed by atoms with van der Waals surface area (Å²) in [6, 6.07) is 7.04. The van der Waals surface area contributed by atoms with Gasteiger partial charge in [0.25, 0.3) is 0 Å². The highest BCUT2D eigenvalue weighted by Gasteiger charge is 2.36. The SMILES string of the molecule is C[C@@H]1CCc2cc([C@H]3CC[C@](N)(CO)C3)ccc2C1. The second-order valence-corrected chi connectivity index (χ2v) is 6.84. The van der Waals surface area contributed by atoms with Gasteiger partial charge in [-0.25, -0.2) is 0 Å². The molecule has 0 saturated heterocycles. The second kappa shape index (κ2) is 4.92. The maximum absolute atomic E-state index is 9.39. The monoisotopic (exact) mass is 259 g/mol. The summed E-state index contributed by atoms with van der Waals surface area (Å²) in [5.41, 5.74) is 10.4. The van der Waals surface area contributed by atoms with Crippen molar-refractivity contribution in [2.24, 2.45) is 11.7 Å². The zero-order valence-corrected chi connectivity index (χ0v) is 11.9. The van der Waals surface area contributed by atoms with Crippen LogP contribution in [0.2, 0.25) is 0 Å². The van der Waals surface area contributed by atoms with Crippen molar-refractivity contribution in [3.05, 3.63) is 34.9 Å². The van der Waals surface area contributed by atoms with Gasteiger partial charge < -0.3 is 10.8 Å². The van der Waals surface area contributed by atoms with Crippen LogP contribution in [0.1, 0.15) is 55.2 Å². The van der Waals surface area contributed by atoms with E-state index in [4.69, 9.17) is 5.73 Å². The van der Waals surface area contributed by atoms with Gasteiger partial charge in [0.2, 0.25) is 0 Å². The van der Waals surface area contributed by atoms with Crippen molar-refractivity contribution in [2.75, 3.05) is 6.61 Å². The molecule has 2 aliphatic carbocycles. The molecule has 3 N–H and O–H groups in total. The molecule has 2 nitrogen and oxygen atoms in total. The minimum Gasteiger partial charge on any atom is -0.394 e. The smallest absolute Gasteiger partial charge is 0.0611 e. The van der Waals surface area contributed by atoms with Crippen molar-refractivity contribution in [3.63, 3.8) is 0 Å². The predicted molar refractivity (Wildman–Crippen MR) is 78.2 cm³/mol. The van der Waals surface area contributed by atoms with Crippen LogP contribution in [-0.2, 0) is 12.8 Å². The van der Waals surface area contributed by atoms with Crippen molar-refractivity contribution in [3.8, 4) is 0 Å². The Morgan fingerprint density at radius 3 is 2.89 bits per heavy atom. The van der Waals surface area contributed by atoms with Crippen molar-refractivity contribution >= 4 is 0 Å². The van der Waals surface area contributed by atoms with Crippen LogP contribution in [0.15, 0.2) is 18.2 Å². The van der Waals surface area contributed by atoms with Crippen LogP contribution < -0.4 is 5.73 Å². The van der Waals surface area contributed by atoms with E-state index in [0.29, 0.717) is 5.92 Å². The van der Waals surface area contributed by atoms with Gasteiger partial charge in [0.15, 0.2) is 0 Å². The molecule has 3 rings (SSSR count). The van der Waals surface area contributed by atoms with Crippen LogP contribution in [0.5, 0.6) is 0 Å². The van der Waals surface area contributed by atoms with Crippen molar-refractivity contribution in [1.82, 2.24) is 0 Å². The molecule has 0 aromatic heterocycles. The Morgan fingerprint density at radius 1 is 1.32 bits per heavy atom. The molecule has 0 bridgehead atoms. The third-order valence-corrected chi connectivity index (χ3v) is 5.14. The second-order valence-electron chi connectivity index (χ2n) is 6.84. The largest absolute Gasteiger partial charge is 0.394 e. The zero-order chi connectivity index (χ0) is 13.5. The lowest BCUT2D eigenvalue weighted by atomic mass is 9.82. The van der Waals surface area contributed by atoms with Crippen LogP contribution in [-0.4, -0.2) is 17.3 Å². The number of fused-ring (bicyclic) bond motifs is 1. The van der Waals surface area contributed by atoms with Crippen LogP contribution in [0, 0.1) is 5.92 Å². The fraction of sp³-hybridized carbons (Fsp3) is 0.647. The maximum Gasteiger partial charge on any atom is 0.0611 e. The minimum absolute atomic E-state index is 0.117. The van der Waals surface area contributed by atoms with Gasteiger partial charge in [-0.2, -0.15) is 0 Å². The Labute approximate surface area is 116 Å². The molecule has 2 aliphatic rings. The Morgan fingerprint density at radius 2 is 2.16 bits per heavy atom. The fourth-order valence-corrected chi connectivity index (χ4v) is 3.80. The van der Waals surface area contributed by atoms with Crippen molar-refractivity contribution in [1.29, 1.82) is 0 Å². The van der Waals surface area contributed by atoms with Gasteiger partial charge in [0.05, 0.1) is 6.61 Å². The standard InChI is InChI=1S/C17H25NO/c1-12-2-3-14-9-15(5-4-13(14)8-12)16-6-7-17(18,10-16)11-19/h4-5,9,12,16,19H,2-3,6-8,10-11,18H2,1H3/t12-,16+,17-/m1/s1. The lowest BCUT2D eigenvalue weighted by Gasteiger charge is -2.24. The molecule has 0 amide bonds. The Hall–Kier alpha value is -0.860. The zero-order valence-electron chi connectivity index (χ0n) is 11.9. The number of rotatable bonds is 2. The highest BCUT2D eigenvalue weighted by Crippen LogP contribution is 2.40. The molecular formula is C17H25NO. The highest BCUT2D eigenvalue weighted by atomic mass is 16.3. The number of nitrogens with two attached hydrogens (primary N) is 1. The molecule has 1 fully saturated rings. The van der Waals surface area contributed by atoms with Crippen LogP contribution >= 0.6 is 0 Å². The Bertz CT molecular complexity index is 470. The molecule has 0 unspecified atom stereocenters. The van der Waals surface area contributed by atoms with E-state index >= 15 is 0 Å². The molecule has 1 saturated carbocycles. The van der Waals surface area contributed by atoms with E-state index in [1.165, 1.54) is 24.8 Å². The van der Waals surface area contributed by atoms with Gasteiger partial charge in [-0.3, -0.25) is 0 Å². The third kappa shape index (κ3) is 2.56. The maximum atomic E-state index is 9.39. The average Bonchev–Trinajstić information content (AvgIpc) is 2.82. The molecule has 3 atom stereocenters. The first-order chi connectivity index (χ1) is 9.09. The first-order valence-corrected chi connectivity index (χ1v) is 7.61. The number of benzene rings is 1. The Balaban J connectivity index is 1.80. The van der Waals surface area contributed by atoms with Crippen LogP contribution in [0.4, 0.5) is 0 Å². The minimum atomic E-state index is -0.338. The van der Waals surface area contributed by atoms with Crippen molar-refractivity contribution < 1.29 is 5.11 Å². The summed E-state index contributed by atoms with van der Waals surface area (Å²) in [7, 11) is 0. The molecule has 0 aliphatic heterocycles. The lowest BCUT2D eigenvalue weighted by molar-refractivity contribution is 0.198. The van der Waals surface area contributed by atoms with E-state index in [0.717, 1.165) is 25.2 Å². The quantitative estimate of drug-likeness (QED) is 0.858. The van der Waals surface area contributed by atoms with E-state index in [2.05, 4.69) is 25.1 Å². The summed E-state index contributed by atoms with van der Waals surface area (Å²) in [6.07, 6.45) is 6.77. The van der Waals surface area contributed by atoms with E-state index in [1.54, 1.807) is 11.1 Å². The normalized spacial score (nSPS) is 34.3. The van der Waals surface area contributed by atoms with E-state index in [-0.39, 0.29) is 12.1 Å². The average molecular weight is 259 g/mol. The first-order valence-electron chi connectivity index (χ1n) is 7.61. The number of hydrogen-bond acceptors (Lipinski definition) is 2. The topological polar surface area (TPSA) is 46.2 Å². The number of aliphatic hydroxyl groups excluding tert-OH is 1. The van der Waals surface area contributed by atoms with Gasteiger partial charge in [-0.15, -0.1) is 0 Å². The van der Waals surface area contributed by atoms with Gasteiger partial charge in [-0.05, 0) is 67.1 Å². The molecule has 0 radical (unpaired) electrons. The van der Waals surface area contributed by atoms with Crippen LogP contribution in [0.25, 0.3) is 0 Å². The van der Waals surface area contributed by atoms with E-state index < -0.39 is 0 Å². The van der Waals surface area contributed by atoms with Crippen LogP contribution in [0.3, 0.4) is 0 Å². The third-order valence-electron chi connectivity index (χ3n) is 5.14. The number of aliphatic hydroxyl groups is 1. The number of aryl methyl sites for hydroxylation is 1. The molecule has 104 valence electrons. The molecule has 1 aromatic carbocycles. The molecule has 19 heavy (non-hydrogen) atoms. The predicted octanol–water partition coefficient (Wildman–Crippen LogP) is 2.77. The summed E-state index contributed by atoms with van der Waals surface area (Å²) < 4.78 is 0. The summed E-state index contributed by atoms with van der Waals surface area (Å²) in [4.78, 5) is 0. The van der Waals surface area contributed by atoms with Gasteiger partial charge >= 0.3 is 0 Å². The van der Waals surface area contributed by atoms with E-state index in [1.807, 2.05) is 0 Å². The molecule has 2 heteroatoms.